The van der Waals surface area contributed by atoms with Crippen molar-refractivity contribution in [3.8, 4) is 12.1 Å². The summed E-state index contributed by atoms with van der Waals surface area (Å²) in [7, 11) is 0. The number of aromatic nitrogens is 1. The molecule has 1 aromatic heterocycles. The highest BCUT2D eigenvalue weighted by atomic mass is 19.1. The standard InChI is InChI=1S/C24H20FN5O/c1-15-2-5-22-20(10-15)23(18(13-27)14-28-22)30-8-6-16(7-9-30)24(31)29-19-3-4-21(25)17(11-19)12-26/h2-5,10-11,14,16H,6-9H2,1H3,(H,29,31). The van der Waals surface area contributed by atoms with E-state index in [2.05, 4.69) is 21.3 Å². The van der Waals surface area contributed by atoms with Gasteiger partial charge in [-0.2, -0.15) is 10.5 Å². The zero-order valence-corrected chi connectivity index (χ0v) is 17.0. The first-order valence-corrected chi connectivity index (χ1v) is 10.0. The third kappa shape index (κ3) is 4.04. The van der Waals surface area contributed by atoms with Gasteiger partial charge in [-0.1, -0.05) is 11.6 Å². The maximum atomic E-state index is 13.5. The summed E-state index contributed by atoms with van der Waals surface area (Å²) >= 11 is 0. The van der Waals surface area contributed by atoms with Gasteiger partial charge in [-0.3, -0.25) is 9.78 Å². The minimum atomic E-state index is -0.609. The van der Waals surface area contributed by atoms with Crippen molar-refractivity contribution in [1.29, 1.82) is 10.5 Å². The normalized spacial score (nSPS) is 14.1. The van der Waals surface area contributed by atoms with E-state index in [1.165, 1.54) is 18.2 Å². The number of hydrogen-bond acceptors (Lipinski definition) is 5. The lowest BCUT2D eigenvalue weighted by atomic mass is 9.94. The second kappa shape index (κ2) is 8.41. The number of anilines is 2. The third-order valence-corrected chi connectivity index (χ3v) is 5.65. The summed E-state index contributed by atoms with van der Waals surface area (Å²) in [6.07, 6.45) is 2.85. The van der Waals surface area contributed by atoms with Crippen LogP contribution in [0.3, 0.4) is 0 Å². The molecule has 3 aromatic rings. The minimum Gasteiger partial charge on any atom is -0.370 e. The molecule has 1 amide bonds. The van der Waals surface area contributed by atoms with Crippen molar-refractivity contribution < 1.29 is 9.18 Å². The predicted octanol–water partition coefficient (Wildman–Crippen LogP) is 4.28. The molecule has 0 bridgehead atoms. The monoisotopic (exact) mass is 413 g/mol. The maximum absolute atomic E-state index is 13.5. The fraction of sp³-hybridized carbons (Fsp3) is 0.250. The van der Waals surface area contributed by atoms with Crippen LogP contribution in [0.15, 0.2) is 42.6 Å². The Bertz CT molecular complexity index is 1250. The van der Waals surface area contributed by atoms with Crippen molar-refractivity contribution in [3.63, 3.8) is 0 Å². The number of pyridine rings is 1. The summed E-state index contributed by atoms with van der Waals surface area (Å²) in [5.41, 5.74) is 3.63. The minimum absolute atomic E-state index is 0.100. The Labute approximate surface area is 179 Å². The summed E-state index contributed by atoms with van der Waals surface area (Å²) in [6, 6.07) is 14.0. The van der Waals surface area contributed by atoms with Gasteiger partial charge in [-0.25, -0.2) is 4.39 Å². The van der Waals surface area contributed by atoms with Gasteiger partial charge in [0.2, 0.25) is 5.91 Å². The molecule has 0 spiro atoms. The van der Waals surface area contributed by atoms with Crippen LogP contribution in [0, 0.1) is 41.3 Å². The molecule has 0 saturated carbocycles. The highest BCUT2D eigenvalue weighted by Crippen LogP contribution is 2.33. The van der Waals surface area contributed by atoms with Crippen LogP contribution in [0.4, 0.5) is 15.8 Å². The van der Waals surface area contributed by atoms with E-state index in [1.54, 1.807) is 12.3 Å². The van der Waals surface area contributed by atoms with Crippen molar-refractivity contribution >= 4 is 28.2 Å². The molecule has 1 aliphatic heterocycles. The van der Waals surface area contributed by atoms with Crippen molar-refractivity contribution in [1.82, 2.24) is 4.98 Å². The summed E-state index contributed by atoms with van der Waals surface area (Å²) in [6.45, 7) is 3.27. The maximum Gasteiger partial charge on any atom is 0.227 e. The number of nitrogens with zero attached hydrogens (tertiary/aromatic N) is 4. The fourth-order valence-corrected chi connectivity index (χ4v) is 4.01. The number of amides is 1. The van der Waals surface area contributed by atoms with E-state index >= 15 is 0 Å². The molecule has 1 N–H and O–H groups in total. The van der Waals surface area contributed by atoms with Crippen LogP contribution in [0.25, 0.3) is 10.9 Å². The van der Waals surface area contributed by atoms with E-state index in [-0.39, 0.29) is 17.4 Å². The number of nitriles is 2. The quantitative estimate of drug-likeness (QED) is 0.692. The van der Waals surface area contributed by atoms with Crippen LogP contribution in [0.2, 0.25) is 0 Å². The molecule has 2 aromatic carbocycles. The van der Waals surface area contributed by atoms with Gasteiger partial charge in [0.15, 0.2) is 0 Å². The van der Waals surface area contributed by atoms with Gasteiger partial charge in [0.1, 0.15) is 18.0 Å². The second-order valence-corrected chi connectivity index (χ2v) is 7.71. The number of nitrogens with one attached hydrogen (secondary N) is 1. The molecule has 4 rings (SSSR count). The van der Waals surface area contributed by atoms with Gasteiger partial charge in [0.05, 0.1) is 22.3 Å². The molecule has 0 atom stereocenters. The second-order valence-electron chi connectivity index (χ2n) is 7.71. The van der Waals surface area contributed by atoms with E-state index in [4.69, 9.17) is 5.26 Å². The van der Waals surface area contributed by atoms with Gasteiger partial charge < -0.3 is 10.2 Å². The lowest BCUT2D eigenvalue weighted by Crippen LogP contribution is -2.38. The topological polar surface area (TPSA) is 92.8 Å². The third-order valence-electron chi connectivity index (χ3n) is 5.65. The average molecular weight is 413 g/mol. The summed E-state index contributed by atoms with van der Waals surface area (Å²) < 4.78 is 13.5. The van der Waals surface area contributed by atoms with E-state index in [9.17, 15) is 14.4 Å². The molecule has 0 radical (unpaired) electrons. The Morgan fingerprint density at radius 1 is 1.13 bits per heavy atom. The Hall–Kier alpha value is -3.97. The van der Waals surface area contributed by atoms with Gasteiger partial charge in [0, 0.05) is 36.3 Å². The largest absolute Gasteiger partial charge is 0.370 e. The number of aryl methyl sites for hydroxylation is 1. The number of carbonyl (C=O) groups excluding carboxylic acids is 1. The number of piperidine rings is 1. The highest BCUT2D eigenvalue weighted by Gasteiger charge is 2.27. The van der Waals surface area contributed by atoms with Crippen LogP contribution in [0.5, 0.6) is 0 Å². The predicted molar refractivity (Wildman–Crippen MR) is 116 cm³/mol. The molecule has 6 nitrogen and oxygen atoms in total. The lowest BCUT2D eigenvalue weighted by Gasteiger charge is -2.34. The number of carbonyl (C=O) groups is 1. The van der Waals surface area contributed by atoms with E-state index in [0.29, 0.717) is 37.2 Å². The van der Waals surface area contributed by atoms with Crippen LogP contribution >= 0.6 is 0 Å². The first-order valence-electron chi connectivity index (χ1n) is 10.0. The van der Waals surface area contributed by atoms with Crippen LogP contribution in [-0.2, 0) is 4.79 Å². The Kier molecular flexibility index (Phi) is 5.51. The Morgan fingerprint density at radius 2 is 1.87 bits per heavy atom. The molecule has 1 saturated heterocycles. The molecular weight excluding hydrogens is 393 g/mol. The molecule has 31 heavy (non-hydrogen) atoms. The van der Waals surface area contributed by atoms with E-state index in [1.807, 2.05) is 25.1 Å². The molecular formula is C24H20FN5O. The highest BCUT2D eigenvalue weighted by molar-refractivity contribution is 5.96. The van der Waals surface area contributed by atoms with Gasteiger partial charge in [-0.05, 0) is 50.1 Å². The van der Waals surface area contributed by atoms with E-state index in [0.717, 1.165) is 22.2 Å². The molecule has 0 aliphatic carbocycles. The number of hydrogen-bond donors (Lipinski definition) is 1. The van der Waals surface area contributed by atoms with E-state index < -0.39 is 5.82 Å². The SMILES string of the molecule is Cc1ccc2ncc(C#N)c(N3CCC(C(=O)Nc4ccc(F)c(C#N)c4)CC3)c2c1. The molecule has 0 unspecified atom stereocenters. The number of benzene rings is 2. The molecule has 2 heterocycles. The van der Waals surface area contributed by atoms with Crippen LogP contribution < -0.4 is 10.2 Å². The smallest absolute Gasteiger partial charge is 0.227 e. The fourth-order valence-electron chi connectivity index (χ4n) is 4.01. The molecule has 154 valence electrons. The van der Waals surface area contributed by atoms with Crippen LogP contribution in [-0.4, -0.2) is 24.0 Å². The summed E-state index contributed by atoms with van der Waals surface area (Å²) in [4.78, 5) is 19.3. The van der Waals surface area contributed by atoms with Crippen molar-refractivity contribution in [3.05, 3.63) is 65.1 Å². The Morgan fingerprint density at radius 3 is 2.58 bits per heavy atom. The first-order chi connectivity index (χ1) is 15.0. The van der Waals surface area contributed by atoms with Gasteiger partial charge in [0.25, 0.3) is 0 Å². The molecule has 1 aliphatic rings. The van der Waals surface area contributed by atoms with Crippen LogP contribution in [0.1, 0.15) is 29.5 Å². The molecule has 1 fully saturated rings. The number of halogens is 1. The Balaban J connectivity index is 1.50. The summed E-state index contributed by atoms with van der Waals surface area (Å²) in [5.74, 6) is -0.958. The average Bonchev–Trinajstić information content (AvgIpc) is 2.79. The number of rotatable bonds is 3. The first kappa shape index (κ1) is 20.3. The van der Waals surface area contributed by atoms with Crippen molar-refractivity contribution in [2.45, 2.75) is 19.8 Å². The zero-order chi connectivity index (χ0) is 22.0. The van der Waals surface area contributed by atoms with Gasteiger partial charge >= 0.3 is 0 Å². The van der Waals surface area contributed by atoms with Crippen molar-refractivity contribution in [2.75, 3.05) is 23.3 Å². The lowest BCUT2D eigenvalue weighted by molar-refractivity contribution is -0.120. The van der Waals surface area contributed by atoms with Crippen molar-refractivity contribution in [2.24, 2.45) is 5.92 Å². The molecule has 7 heteroatoms. The summed E-state index contributed by atoms with van der Waals surface area (Å²) in [5, 5.41) is 22.3. The number of fused-ring (bicyclic) bond motifs is 1. The van der Waals surface area contributed by atoms with Gasteiger partial charge in [-0.15, -0.1) is 0 Å². The zero-order valence-electron chi connectivity index (χ0n) is 17.0.